The lowest BCUT2D eigenvalue weighted by Gasteiger charge is -2.07. The van der Waals surface area contributed by atoms with Crippen molar-refractivity contribution in [2.75, 3.05) is 11.0 Å². The third-order valence-corrected chi connectivity index (χ3v) is 3.47. The molecule has 16 heavy (non-hydrogen) atoms. The summed E-state index contributed by atoms with van der Waals surface area (Å²) in [7, 11) is 0. The van der Waals surface area contributed by atoms with Gasteiger partial charge in [-0.2, -0.15) is 0 Å². The first-order valence-corrected chi connectivity index (χ1v) is 7.35. The van der Waals surface area contributed by atoms with Gasteiger partial charge in [0.15, 0.2) is 0 Å². The van der Waals surface area contributed by atoms with Crippen molar-refractivity contribution >= 4 is 34.2 Å². The molecule has 1 N–H and O–H groups in total. The van der Waals surface area contributed by atoms with E-state index in [1.54, 1.807) is 12.1 Å². The Bertz CT molecular complexity index is 300. The summed E-state index contributed by atoms with van der Waals surface area (Å²) in [5.41, 5.74) is 0.568. The van der Waals surface area contributed by atoms with Crippen molar-refractivity contribution < 1.29 is 4.39 Å². The third kappa shape index (κ3) is 4.97. The molecule has 0 heterocycles. The summed E-state index contributed by atoms with van der Waals surface area (Å²) in [5.74, 6) is -0.229. The smallest absolute Gasteiger partial charge is 0.129 e. The molecular weight excluding hydrogens is 339 g/mol. The fraction of sp³-hybridized carbons (Fsp3) is 0.500. The molecule has 0 aliphatic heterocycles. The molecule has 0 aliphatic carbocycles. The van der Waals surface area contributed by atoms with Crippen LogP contribution >= 0.6 is 34.2 Å². The molecule has 0 atom stereocenters. The van der Waals surface area contributed by atoms with Crippen LogP contribution in [-0.2, 0) is 6.54 Å². The van der Waals surface area contributed by atoms with E-state index in [0.717, 1.165) is 13.0 Å². The predicted molar refractivity (Wildman–Crippen MR) is 75.9 cm³/mol. The molecule has 0 fully saturated rings. The lowest BCUT2D eigenvalue weighted by atomic mass is 10.2. The van der Waals surface area contributed by atoms with Gasteiger partial charge >= 0.3 is 0 Å². The molecule has 0 radical (unpaired) electrons. The normalized spacial score (nSPS) is 10.7. The average molecular weight is 356 g/mol. The molecule has 0 saturated heterocycles. The predicted octanol–water partition coefficient (Wildman–Crippen LogP) is 4.17. The van der Waals surface area contributed by atoms with Crippen LogP contribution < -0.4 is 5.32 Å². The van der Waals surface area contributed by atoms with E-state index >= 15 is 0 Å². The monoisotopic (exact) mass is 355 g/mol. The average Bonchev–Trinajstić information content (AvgIpc) is 2.26. The van der Waals surface area contributed by atoms with Gasteiger partial charge in [-0.3, -0.25) is 0 Å². The van der Waals surface area contributed by atoms with Crippen molar-refractivity contribution in [1.82, 2.24) is 5.32 Å². The molecule has 1 aromatic carbocycles. The van der Waals surface area contributed by atoms with Gasteiger partial charge in [0.1, 0.15) is 5.82 Å². The van der Waals surface area contributed by atoms with Gasteiger partial charge in [0, 0.05) is 17.1 Å². The van der Waals surface area contributed by atoms with Gasteiger partial charge in [-0.1, -0.05) is 46.7 Å². The van der Waals surface area contributed by atoms with E-state index < -0.39 is 0 Å². The Labute approximate surface area is 115 Å². The number of hydrogen-bond donors (Lipinski definition) is 1. The zero-order valence-corrected chi connectivity index (χ0v) is 12.0. The maximum atomic E-state index is 13.4. The first-order valence-electron chi connectivity index (χ1n) is 5.45. The summed E-state index contributed by atoms with van der Waals surface area (Å²) in [6, 6.07) is 4.79. The van der Waals surface area contributed by atoms with E-state index in [1.165, 1.54) is 23.3 Å². The number of hydrogen-bond acceptors (Lipinski definition) is 1. The second kappa shape index (κ2) is 8.25. The second-order valence-electron chi connectivity index (χ2n) is 3.63. The van der Waals surface area contributed by atoms with E-state index in [4.69, 9.17) is 11.6 Å². The molecule has 0 unspecified atom stereocenters. The number of benzene rings is 1. The van der Waals surface area contributed by atoms with E-state index in [1.807, 2.05) is 0 Å². The molecule has 1 aromatic rings. The molecule has 4 heteroatoms. The minimum atomic E-state index is -0.229. The Morgan fingerprint density at radius 3 is 2.75 bits per heavy atom. The van der Waals surface area contributed by atoms with Crippen LogP contribution in [-0.4, -0.2) is 11.0 Å². The van der Waals surface area contributed by atoms with Crippen LogP contribution in [0.1, 0.15) is 24.8 Å². The number of rotatable bonds is 7. The number of halogens is 3. The van der Waals surface area contributed by atoms with Crippen LogP contribution in [0.15, 0.2) is 18.2 Å². The van der Waals surface area contributed by atoms with E-state index in [0.29, 0.717) is 17.1 Å². The zero-order chi connectivity index (χ0) is 11.8. The van der Waals surface area contributed by atoms with Crippen LogP contribution in [0.4, 0.5) is 4.39 Å². The fourth-order valence-electron chi connectivity index (χ4n) is 1.44. The molecule has 1 rings (SSSR count). The highest BCUT2D eigenvalue weighted by Gasteiger charge is 2.05. The van der Waals surface area contributed by atoms with Gasteiger partial charge in [0.05, 0.1) is 0 Å². The van der Waals surface area contributed by atoms with Crippen LogP contribution in [0.5, 0.6) is 0 Å². The standard InChI is InChI=1S/C12H16ClFIN/c13-11-5-4-6-12(14)10(11)9-16-8-3-1-2-7-15/h4-6,16H,1-3,7-9H2. The summed E-state index contributed by atoms with van der Waals surface area (Å²) in [6.07, 6.45) is 3.61. The van der Waals surface area contributed by atoms with Crippen molar-refractivity contribution in [2.45, 2.75) is 25.8 Å². The van der Waals surface area contributed by atoms with Gasteiger partial charge in [-0.15, -0.1) is 0 Å². The summed E-state index contributed by atoms with van der Waals surface area (Å²) >= 11 is 8.29. The Morgan fingerprint density at radius 2 is 2.06 bits per heavy atom. The topological polar surface area (TPSA) is 12.0 Å². The van der Waals surface area contributed by atoms with E-state index in [9.17, 15) is 4.39 Å². The summed E-state index contributed by atoms with van der Waals surface area (Å²) in [6.45, 7) is 1.43. The summed E-state index contributed by atoms with van der Waals surface area (Å²) < 4.78 is 14.6. The molecule has 0 amide bonds. The number of nitrogens with one attached hydrogen (secondary N) is 1. The zero-order valence-electron chi connectivity index (χ0n) is 9.11. The first-order chi connectivity index (χ1) is 7.75. The molecule has 0 spiro atoms. The van der Waals surface area contributed by atoms with Gasteiger partial charge in [-0.05, 0) is 35.9 Å². The highest BCUT2D eigenvalue weighted by molar-refractivity contribution is 14.1. The third-order valence-electron chi connectivity index (χ3n) is 2.35. The molecule has 0 aliphatic rings. The fourth-order valence-corrected chi connectivity index (χ4v) is 2.21. The van der Waals surface area contributed by atoms with Crippen LogP contribution in [0.3, 0.4) is 0 Å². The quantitative estimate of drug-likeness (QED) is 0.440. The van der Waals surface area contributed by atoms with Crippen molar-refractivity contribution in [3.05, 3.63) is 34.6 Å². The minimum Gasteiger partial charge on any atom is -0.313 e. The SMILES string of the molecule is Fc1cccc(Cl)c1CNCCCCCI. The molecule has 1 nitrogen and oxygen atoms in total. The lowest BCUT2D eigenvalue weighted by molar-refractivity contribution is 0.574. The van der Waals surface area contributed by atoms with Crippen molar-refractivity contribution in [3.8, 4) is 0 Å². The van der Waals surface area contributed by atoms with Crippen molar-refractivity contribution in [3.63, 3.8) is 0 Å². The van der Waals surface area contributed by atoms with Crippen molar-refractivity contribution in [1.29, 1.82) is 0 Å². The first kappa shape index (κ1) is 14.2. The van der Waals surface area contributed by atoms with Crippen LogP contribution in [0.2, 0.25) is 5.02 Å². The molecule has 90 valence electrons. The Balaban J connectivity index is 2.26. The Morgan fingerprint density at radius 1 is 1.25 bits per heavy atom. The maximum Gasteiger partial charge on any atom is 0.129 e. The number of alkyl halides is 1. The summed E-state index contributed by atoms with van der Waals surface area (Å²) in [4.78, 5) is 0. The molecule has 0 bridgehead atoms. The van der Waals surface area contributed by atoms with E-state index in [-0.39, 0.29) is 5.82 Å². The van der Waals surface area contributed by atoms with Crippen LogP contribution in [0.25, 0.3) is 0 Å². The molecular formula is C12H16ClFIN. The Kier molecular flexibility index (Phi) is 7.32. The van der Waals surface area contributed by atoms with Gasteiger partial charge < -0.3 is 5.32 Å². The summed E-state index contributed by atoms with van der Waals surface area (Å²) in [5, 5.41) is 3.72. The van der Waals surface area contributed by atoms with Crippen molar-refractivity contribution in [2.24, 2.45) is 0 Å². The largest absolute Gasteiger partial charge is 0.313 e. The Hall–Kier alpha value is 0.130. The highest BCUT2D eigenvalue weighted by atomic mass is 127. The second-order valence-corrected chi connectivity index (χ2v) is 5.11. The lowest BCUT2D eigenvalue weighted by Crippen LogP contribution is -2.16. The van der Waals surface area contributed by atoms with Gasteiger partial charge in [0.2, 0.25) is 0 Å². The molecule has 0 aromatic heterocycles. The number of unbranched alkanes of at least 4 members (excludes halogenated alkanes) is 2. The van der Waals surface area contributed by atoms with Gasteiger partial charge in [0.25, 0.3) is 0 Å². The van der Waals surface area contributed by atoms with E-state index in [2.05, 4.69) is 27.9 Å². The molecule has 0 saturated carbocycles. The maximum absolute atomic E-state index is 13.4. The minimum absolute atomic E-state index is 0.229. The highest BCUT2D eigenvalue weighted by Crippen LogP contribution is 2.18. The van der Waals surface area contributed by atoms with Crippen LogP contribution in [0, 0.1) is 5.82 Å². The van der Waals surface area contributed by atoms with Gasteiger partial charge in [-0.25, -0.2) is 4.39 Å².